The predicted molar refractivity (Wildman–Crippen MR) is 94.9 cm³/mol. The van der Waals surface area contributed by atoms with Gasteiger partial charge in [0.25, 0.3) is 0 Å². The number of pyridine rings is 1. The fourth-order valence-electron chi connectivity index (χ4n) is 3.46. The van der Waals surface area contributed by atoms with Gasteiger partial charge in [0.05, 0.1) is 12.8 Å². The monoisotopic (exact) mass is 324 g/mol. The van der Waals surface area contributed by atoms with Gasteiger partial charge in [0.2, 0.25) is 5.91 Å². The zero-order valence-corrected chi connectivity index (χ0v) is 14.4. The van der Waals surface area contributed by atoms with Gasteiger partial charge in [-0.1, -0.05) is 12.1 Å². The number of carbonyl (C=O) groups is 1. The molecule has 1 unspecified atom stereocenters. The van der Waals surface area contributed by atoms with Crippen LogP contribution in [0.15, 0.2) is 42.6 Å². The van der Waals surface area contributed by atoms with Gasteiger partial charge in [-0.2, -0.15) is 0 Å². The van der Waals surface area contributed by atoms with Crippen LogP contribution in [0, 0.1) is 5.92 Å². The molecule has 126 valence electrons. The highest BCUT2D eigenvalue weighted by atomic mass is 16.5. The van der Waals surface area contributed by atoms with Crippen molar-refractivity contribution in [2.24, 2.45) is 5.92 Å². The third kappa shape index (κ3) is 3.75. The number of para-hydroxylation sites is 1. The van der Waals surface area contributed by atoms with E-state index in [1.54, 1.807) is 14.0 Å². The first-order chi connectivity index (χ1) is 11.7. The molecule has 0 radical (unpaired) electrons. The molecule has 1 fully saturated rings. The molecule has 0 N–H and O–H groups in total. The molecule has 2 heterocycles. The van der Waals surface area contributed by atoms with Crippen molar-refractivity contribution >= 4 is 5.91 Å². The third-order valence-corrected chi connectivity index (χ3v) is 4.70. The Kier molecular flexibility index (Phi) is 5.14. The summed E-state index contributed by atoms with van der Waals surface area (Å²) >= 11 is 0. The van der Waals surface area contributed by atoms with Gasteiger partial charge in [-0.15, -0.1) is 0 Å². The molecule has 1 amide bonds. The van der Waals surface area contributed by atoms with Crippen LogP contribution >= 0.6 is 0 Å². The Balaban J connectivity index is 1.77. The summed E-state index contributed by atoms with van der Waals surface area (Å²) in [5.41, 5.74) is 3.21. The van der Waals surface area contributed by atoms with Crippen LogP contribution in [0.5, 0.6) is 5.75 Å². The lowest BCUT2D eigenvalue weighted by Crippen LogP contribution is -2.39. The van der Waals surface area contributed by atoms with Crippen LogP contribution in [0.1, 0.15) is 25.3 Å². The highest BCUT2D eigenvalue weighted by Crippen LogP contribution is 2.29. The Bertz CT molecular complexity index is 714. The number of ether oxygens (including phenoxy) is 1. The molecule has 4 nitrogen and oxygen atoms in total. The van der Waals surface area contributed by atoms with Crippen molar-refractivity contribution in [1.29, 1.82) is 0 Å². The average molecular weight is 324 g/mol. The smallest absolute Gasteiger partial charge is 0.219 e. The summed E-state index contributed by atoms with van der Waals surface area (Å²) in [5, 5.41) is 0. The number of likely N-dealkylation sites (tertiary alicyclic amines) is 1. The van der Waals surface area contributed by atoms with Crippen molar-refractivity contribution in [3.8, 4) is 17.0 Å². The van der Waals surface area contributed by atoms with Crippen molar-refractivity contribution in [2.75, 3.05) is 20.2 Å². The average Bonchev–Trinajstić information content (AvgIpc) is 2.62. The quantitative estimate of drug-likeness (QED) is 0.863. The molecule has 2 aromatic rings. The number of amides is 1. The van der Waals surface area contributed by atoms with Crippen molar-refractivity contribution in [3.63, 3.8) is 0 Å². The van der Waals surface area contributed by atoms with Gasteiger partial charge >= 0.3 is 0 Å². The lowest BCUT2D eigenvalue weighted by molar-refractivity contribution is -0.130. The zero-order chi connectivity index (χ0) is 16.9. The third-order valence-electron chi connectivity index (χ3n) is 4.70. The fraction of sp³-hybridized carbons (Fsp3) is 0.400. The van der Waals surface area contributed by atoms with Gasteiger partial charge in [-0.3, -0.25) is 9.78 Å². The van der Waals surface area contributed by atoms with Gasteiger partial charge in [0.15, 0.2) is 0 Å². The Labute approximate surface area is 143 Å². The van der Waals surface area contributed by atoms with Gasteiger partial charge in [-0.25, -0.2) is 0 Å². The Morgan fingerprint density at radius 3 is 2.96 bits per heavy atom. The Morgan fingerprint density at radius 1 is 1.33 bits per heavy atom. The topological polar surface area (TPSA) is 42.4 Å². The number of piperidine rings is 1. The molecule has 1 aromatic heterocycles. The summed E-state index contributed by atoms with van der Waals surface area (Å²) in [6.45, 7) is 3.42. The summed E-state index contributed by atoms with van der Waals surface area (Å²) in [5.74, 6) is 1.54. The number of benzene rings is 1. The second-order valence-electron chi connectivity index (χ2n) is 6.43. The van der Waals surface area contributed by atoms with Crippen molar-refractivity contribution in [3.05, 3.63) is 48.2 Å². The van der Waals surface area contributed by atoms with E-state index in [1.807, 2.05) is 35.4 Å². The SMILES string of the molecule is COc1ccccc1-c1cc(CC2CCCN(C(C)=O)C2)ccn1. The molecule has 1 aromatic carbocycles. The Morgan fingerprint density at radius 2 is 2.17 bits per heavy atom. The molecule has 24 heavy (non-hydrogen) atoms. The molecule has 1 aliphatic rings. The minimum absolute atomic E-state index is 0.184. The molecule has 0 spiro atoms. The van der Waals surface area contributed by atoms with Crippen LogP contribution in [0.25, 0.3) is 11.3 Å². The fourth-order valence-corrected chi connectivity index (χ4v) is 3.46. The summed E-state index contributed by atoms with van der Waals surface area (Å²) in [6.07, 6.45) is 5.11. The number of hydrogen-bond acceptors (Lipinski definition) is 3. The number of aromatic nitrogens is 1. The van der Waals surface area contributed by atoms with E-state index < -0.39 is 0 Å². The molecule has 0 aliphatic carbocycles. The lowest BCUT2D eigenvalue weighted by Gasteiger charge is -2.32. The number of methoxy groups -OCH3 is 1. The number of nitrogens with zero attached hydrogens (tertiary/aromatic N) is 2. The van der Waals surface area contributed by atoms with Crippen molar-refractivity contribution in [2.45, 2.75) is 26.2 Å². The molecular weight excluding hydrogens is 300 g/mol. The summed E-state index contributed by atoms with van der Waals surface area (Å²) in [6, 6.07) is 12.2. The maximum atomic E-state index is 11.6. The summed E-state index contributed by atoms with van der Waals surface area (Å²) in [7, 11) is 1.68. The van der Waals surface area contributed by atoms with Crippen LogP contribution in [-0.4, -0.2) is 36.0 Å². The first kappa shape index (κ1) is 16.5. The summed E-state index contributed by atoms with van der Waals surface area (Å²) < 4.78 is 5.45. The van der Waals surface area contributed by atoms with Gasteiger partial charge in [0, 0.05) is 31.8 Å². The van der Waals surface area contributed by atoms with Gasteiger partial charge < -0.3 is 9.64 Å². The van der Waals surface area contributed by atoms with E-state index in [2.05, 4.69) is 17.1 Å². The minimum Gasteiger partial charge on any atom is -0.496 e. The molecular formula is C20H24N2O2. The van der Waals surface area contributed by atoms with E-state index in [4.69, 9.17) is 4.74 Å². The van der Waals surface area contributed by atoms with Crippen LogP contribution in [0.3, 0.4) is 0 Å². The molecule has 3 rings (SSSR count). The van der Waals surface area contributed by atoms with E-state index in [-0.39, 0.29) is 5.91 Å². The first-order valence-electron chi connectivity index (χ1n) is 8.51. The minimum atomic E-state index is 0.184. The maximum Gasteiger partial charge on any atom is 0.219 e. The molecule has 1 aliphatic heterocycles. The van der Waals surface area contributed by atoms with E-state index in [1.165, 1.54) is 12.0 Å². The first-order valence-corrected chi connectivity index (χ1v) is 8.51. The molecule has 0 saturated carbocycles. The highest BCUT2D eigenvalue weighted by Gasteiger charge is 2.21. The molecule has 0 bridgehead atoms. The zero-order valence-electron chi connectivity index (χ0n) is 14.4. The second-order valence-corrected chi connectivity index (χ2v) is 6.43. The van der Waals surface area contributed by atoms with Crippen LogP contribution in [-0.2, 0) is 11.2 Å². The van der Waals surface area contributed by atoms with E-state index in [0.717, 1.165) is 42.9 Å². The lowest BCUT2D eigenvalue weighted by atomic mass is 9.91. The summed E-state index contributed by atoms with van der Waals surface area (Å²) in [4.78, 5) is 18.1. The van der Waals surface area contributed by atoms with Crippen LogP contribution in [0.2, 0.25) is 0 Å². The maximum absolute atomic E-state index is 11.6. The predicted octanol–water partition coefficient (Wildman–Crippen LogP) is 3.56. The highest BCUT2D eigenvalue weighted by molar-refractivity contribution is 5.73. The van der Waals surface area contributed by atoms with E-state index in [9.17, 15) is 4.79 Å². The second kappa shape index (κ2) is 7.47. The van der Waals surface area contributed by atoms with Gasteiger partial charge in [-0.05, 0) is 55.0 Å². The number of hydrogen-bond donors (Lipinski definition) is 0. The van der Waals surface area contributed by atoms with Crippen LogP contribution < -0.4 is 4.74 Å². The van der Waals surface area contributed by atoms with Crippen molar-refractivity contribution < 1.29 is 9.53 Å². The number of rotatable bonds is 4. The number of carbonyl (C=O) groups excluding carboxylic acids is 1. The molecule has 1 saturated heterocycles. The normalized spacial score (nSPS) is 17.6. The van der Waals surface area contributed by atoms with Crippen LogP contribution in [0.4, 0.5) is 0 Å². The van der Waals surface area contributed by atoms with E-state index in [0.29, 0.717) is 5.92 Å². The standard InChI is InChI=1S/C20H24N2O2/c1-15(23)22-11-5-6-17(14-22)12-16-9-10-21-19(13-16)18-7-3-4-8-20(18)24-2/h3-4,7-10,13,17H,5-6,11-12,14H2,1-2H3. The molecule has 1 atom stereocenters. The van der Waals surface area contributed by atoms with Crippen molar-refractivity contribution in [1.82, 2.24) is 9.88 Å². The Hall–Kier alpha value is -2.36. The van der Waals surface area contributed by atoms with Gasteiger partial charge in [0.1, 0.15) is 5.75 Å². The van der Waals surface area contributed by atoms with E-state index >= 15 is 0 Å². The molecule has 4 heteroatoms. The largest absolute Gasteiger partial charge is 0.496 e.